The Labute approximate surface area is 93.6 Å². The summed E-state index contributed by atoms with van der Waals surface area (Å²) in [5.74, 6) is 0.576. The van der Waals surface area contributed by atoms with E-state index in [-0.39, 0.29) is 17.6 Å². The van der Waals surface area contributed by atoms with Gasteiger partial charge >= 0.3 is 0 Å². The van der Waals surface area contributed by atoms with E-state index >= 15 is 0 Å². The van der Waals surface area contributed by atoms with Crippen molar-refractivity contribution in [2.24, 2.45) is 0 Å². The molecule has 0 amide bonds. The smallest absolute Gasteiger partial charge is 0.233 e. The van der Waals surface area contributed by atoms with Crippen molar-refractivity contribution in [2.45, 2.75) is 5.16 Å². The third kappa shape index (κ3) is 2.69. The summed E-state index contributed by atoms with van der Waals surface area (Å²) in [6, 6.07) is 0. The molecule has 1 aromatic heterocycles. The van der Waals surface area contributed by atoms with Crippen LogP contribution in [0.25, 0.3) is 0 Å². The van der Waals surface area contributed by atoms with E-state index < -0.39 is 0 Å². The number of carbonyl (C=O) groups is 1. The molecule has 7 heteroatoms. The van der Waals surface area contributed by atoms with Crippen molar-refractivity contribution in [3.63, 3.8) is 0 Å². The number of aldehydes is 1. The molecule has 0 saturated carbocycles. The molecule has 0 aliphatic rings. The zero-order valence-electron chi connectivity index (χ0n) is 6.40. The number of hydrogen-bond donors (Lipinski definition) is 2. The fraction of sp³-hybridized carbons (Fsp3) is 0.167. The molecule has 1 heterocycles. The molecular weight excluding hydrogens is 305 g/mol. The summed E-state index contributed by atoms with van der Waals surface area (Å²) in [4.78, 5) is 17.7. The molecule has 13 heavy (non-hydrogen) atoms. The molecule has 0 aliphatic heterocycles. The lowest BCUT2D eigenvalue weighted by Crippen LogP contribution is -2.05. The number of carbonyl (C=O) groups excluding carboxylic acids is 1. The molecule has 2 N–H and O–H groups in total. The monoisotopic (exact) mass is 311 g/mol. The van der Waals surface area contributed by atoms with E-state index in [0.717, 1.165) is 0 Å². The highest BCUT2D eigenvalue weighted by atomic mass is 127. The van der Waals surface area contributed by atoms with Gasteiger partial charge in [0.25, 0.3) is 0 Å². The second-order valence-corrected chi connectivity index (χ2v) is 3.48. The van der Waals surface area contributed by atoms with Gasteiger partial charge < -0.3 is 10.5 Å². The highest BCUT2D eigenvalue weighted by Gasteiger charge is 2.08. The van der Waals surface area contributed by atoms with Gasteiger partial charge in [0.15, 0.2) is 11.4 Å². The van der Waals surface area contributed by atoms with Crippen LogP contribution in [0.4, 0.5) is 5.82 Å². The van der Waals surface area contributed by atoms with Gasteiger partial charge in [-0.1, -0.05) is 0 Å². The highest BCUT2D eigenvalue weighted by Crippen LogP contribution is 2.23. The van der Waals surface area contributed by atoms with Crippen molar-refractivity contribution < 1.29 is 9.53 Å². The molecule has 0 unspecified atom stereocenters. The molecule has 0 aromatic carbocycles. The average molecular weight is 311 g/mol. The lowest BCUT2D eigenvalue weighted by molar-refractivity contribution is -0.109. The molecule has 0 fully saturated rings. The van der Waals surface area contributed by atoms with Crippen LogP contribution in [0.5, 0.6) is 5.88 Å². The highest BCUT2D eigenvalue weighted by molar-refractivity contribution is 14.1. The number of halogens is 1. The van der Waals surface area contributed by atoms with Crippen LogP contribution in [0, 0.1) is 3.57 Å². The van der Waals surface area contributed by atoms with Crippen LogP contribution in [0.1, 0.15) is 0 Å². The molecule has 0 saturated heterocycles. The molecular formula is C6H6IN3O2S. The Morgan fingerprint density at radius 2 is 2.31 bits per heavy atom. The van der Waals surface area contributed by atoms with Gasteiger partial charge in [-0.15, -0.1) is 12.6 Å². The van der Waals surface area contributed by atoms with Crippen LogP contribution in [0.2, 0.25) is 0 Å². The van der Waals surface area contributed by atoms with Crippen molar-refractivity contribution in [3.05, 3.63) is 3.57 Å². The van der Waals surface area contributed by atoms with Gasteiger partial charge in [0.1, 0.15) is 16.0 Å². The van der Waals surface area contributed by atoms with Crippen molar-refractivity contribution in [1.29, 1.82) is 0 Å². The molecule has 1 rings (SSSR count). The van der Waals surface area contributed by atoms with Crippen LogP contribution >= 0.6 is 35.2 Å². The summed E-state index contributed by atoms with van der Waals surface area (Å²) >= 11 is 5.86. The fourth-order valence-corrected chi connectivity index (χ4v) is 1.24. The third-order valence-corrected chi connectivity index (χ3v) is 2.34. The number of thiol groups is 1. The van der Waals surface area contributed by atoms with Crippen LogP contribution in [-0.2, 0) is 4.79 Å². The van der Waals surface area contributed by atoms with E-state index in [9.17, 15) is 4.79 Å². The van der Waals surface area contributed by atoms with Gasteiger partial charge in [0.2, 0.25) is 5.88 Å². The van der Waals surface area contributed by atoms with Crippen LogP contribution in [0.3, 0.4) is 0 Å². The van der Waals surface area contributed by atoms with Gasteiger partial charge in [-0.25, -0.2) is 4.98 Å². The Hall–Kier alpha value is -0.570. The molecule has 0 aliphatic carbocycles. The number of nitrogens with two attached hydrogens (primary N) is 1. The van der Waals surface area contributed by atoms with Gasteiger partial charge in [-0.05, 0) is 22.6 Å². The third-order valence-electron chi connectivity index (χ3n) is 1.12. The summed E-state index contributed by atoms with van der Waals surface area (Å²) in [5, 5.41) is 0.221. The lowest BCUT2D eigenvalue weighted by Gasteiger charge is -2.05. The number of ether oxygens (including phenoxy) is 1. The van der Waals surface area contributed by atoms with E-state index in [1.807, 2.05) is 22.6 Å². The summed E-state index contributed by atoms with van der Waals surface area (Å²) in [7, 11) is 0. The summed E-state index contributed by atoms with van der Waals surface area (Å²) in [6.07, 6.45) is 0.632. The molecule has 0 radical (unpaired) electrons. The maximum absolute atomic E-state index is 10.0. The first-order chi connectivity index (χ1) is 6.15. The fourth-order valence-electron chi connectivity index (χ4n) is 0.640. The summed E-state index contributed by atoms with van der Waals surface area (Å²) < 4.78 is 5.57. The molecule has 70 valence electrons. The Balaban J connectivity index is 2.98. The SMILES string of the molecule is Nc1nc(S)nc(OCC=O)c1I. The maximum atomic E-state index is 10.0. The molecule has 0 bridgehead atoms. The van der Waals surface area contributed by atoms with E-state index in [4.69, 9.17) is 10.5 Å². The normalized spacial score (nSPS) is 9.69. The molecule has 0 spiro atoms. The predicted octanol–water partition coefficient (Wildman–Crippen LogP) is 0.530. The van der Waals surface area contributed by atoms with E-state index in [0.29, 0.717) is 15.7 Å². The van der Waals surface area contributed by atoms with Gasteiger partial charge in [-0.3, -0.25) is 4.79 Å². The summed E-state index contributed by atoms with van der Waals surface area (Å²) in [5.41, 5.74) is 5.52. The van der Waals surface area contributed by atoms with E-state index in [1.54, 1.807) is 0 Å². The Bertz CT molecular complexity index is 334. The number of anilines is 1. The van der Waals surface area contributed by atoms with Crippen molar-refractivity contribution in [2.75, 3.05) is 12.3 Å². The number of rotatable bonds is 3. The zero-order chi connectivity index (χ0) is 9.84. The number of aromatic nitrogens is 2. The van der Waals surface area contributed by atoms with Crippen LogP contribution in [-0.4, -0.2) is 22.9 Å². The second kappa shape index (κ2) is 4.61. The Kier molecular flexibility index (Phi) is 3.72. The molecule has 1 aromatic rings. The topological polar surface area (TPSA) is 78.1 Å². The van der Waals surface area contributed by atoms with Crippen LogP contribution < -0.4 is 10.5 Å². The standard InChI is InChI=1S/C6H6IN3O2S/c7-3-4(8)9-6(13)10-5(3)12-2-1-11/h1H,2H2,(H3,8,9,10,13). The first-order valence-electron chi connectivity index (χ1n) is 3.23. The first-order valence-corrected chi connectivity index (χ1v) is 4.76. The number of nitrogen functional groups attached to an aromatic ring is 1. The van der Waals surface area contributed by atoms with Gasteiger partial charge in [-0.2, -0.15) is 4.98 Å². The molecule has 0 atom stereocenters. The van der Waals surface area contributed by atoms with E-state index in [2.05, 4.69) is 22.6 Å². The lowest BCUT2D eigenvalue weighted by atomic mass is 10.6. The minimum atomic E-state index is -0.0559. The largest absolute Gasteiger partial charge is 0.469 e. The molecule has 5 nitrogen and oxygen atoms in total. The maximum Gasteiger partial charge on any atom is 0.233 e. The quantitative estimate of drug-likeness (QED) is 0.368. The Morgan fingerprint density at radius 3 is 2.92 bits per heavy atom. The van der Waals surface area contributed by atoms with Crippen LogP contribution in [0.15, 0.2) is 5.16 Å². The summed E-state index contributed by atoms with van der Waals surface area (Å²) in [6.45, 7) is -0.0559. The zero-order valence-corrected chi connectivity index (χ0v) is 9.45. The van der Waals surface area contributed by atoms with Crippen molar-refractivity contribution in [3.8, 4) is 5.88 Å². The predicted molar refractivity (Wildman–Crippen MR) is 58.0 cm³/mol. The minimum Gasteiger partial charge on any atom is -0.469 e. The second-order valence-electron chi connectivity index (χ2n) is 2.01. The average Bonchev–Trinajstić information content (AvgIpc) is 2.09. The number of nitrogens with zero attached hydrogens (tertiary/aromatic N) is 2. The van der Waals surface area contributed by atoms with Crippen molar-refractivity contribution in [1.82, 2.24) is 9.97 Å². The minimum absolute atomic E-state index is 0.0559. The number of hydrogen-bond acceptors (Lipinski definition) is 6. The van der Waals surface area contributed by atoms with Gasteiger partial charge in [0.05, 0.1) is 0 Å². The van der Waals surface area contributed by atoms with Crippen molar-refractivity contribution >= 4 is 47.3 Å². The van der Waals surface area contributed by atoms with E-state index in [1.165, 1.54) is 0 Å². The Morgan fingerprint density at radius 1 is 1.62 bits per heavy atom. The first kappa shape index (κ1) is 10.5. The van der Waals surface area contributed by atoms with Gasteiger partial charge in [0, 0.05) is 0 Å².